The lowest BCUT2D eigenvalue weighted by Crippen LogP contribution is -2.44. The number of aromatic nitrogens is 1. The molecule has 1 aliphatic heterocycles. The summed E-state index contributed by atoms with van der Waals surface area (Å²) in [6, 6.07) is 12.8. The van der Waals surface area contributed by atoms with Crippen LogP contribution in [0.4, 0.5) is 5.69 Å². The number of hydrogen-bond donors (Lipinski definition) is 0. The highest BCUT2D eigenvalue weighted by Crippen LogP contribution is 2.46. The van der Waals surface area contributed by atoms with Crippen molar-refractivity contribution < 1.29 is 4.42 Å². The van der Waals surface area contributed by atoms with Crippen molar-refractivity contribution in [2.75, 3.05) is 38.1 Å². The molecule has 142 valence electrons. The number of likely N-dealkylation sites (N-methyl/N-ethyl adjacent to an activating group) is 1. The molecule has 3 aromatic rings. The van der Waals surface area contributed by atoms with Crippen LogP contribution in [-0.2, 0) is 0 Å². The van der Waals surface area contributed by atoms with Gasteiger partial charge in [0, 0.05) is 37.7 Å². The highest BCUT2D eigenvalue weighted by molar-refractivity contribution is 6.02. The predicted molar refractivity (Wildman–Crippen MR) is 111 cm³/mol. The fourth-order valence-corrected chi connectivity index (χ4v) is 4.19. The molecule has 0 radical (unpaired) electrons. The Balaban J connectivity index is 1.81. The molecule has 5 heteroatoms. The molecule has 28 heavy (non-hydrogen) atoms. The van der Waals surface area contributed by atoms with Crippen LogP contribution in [0.2, 0.25) is 0 Å². The highest BCUT2D eigenvalue weighted by Gasteiger charge is 2.33. The Morgan fingerprint density at radius 3 is 2.46 bits per heavy atom. The number of piperazine rings is 1. The van der Waals surface area contributed by atoms with Crippen LogP contribution in [0, 0.1) is 18.3 Å². The second kappa shape index (κ2) is 6.65. The van der Waals surface area contributed by atoms with Crippen LogP contribution in [0.15, 0.2) is 34.7 Å². The third kappa shape index (κ3) is 2.76. The van der Waals surface area contributed by atoms with Crippen LogP contribution < -0.4 is 4.90 Å². The second-order valence-electron chi connectivity index (χ2n) is 8.00. The van der Waals surface area contributed by atoms with Crippen LogP contribution in [0.3, 0.4) is 0 Å². The Kier molecular flexibility index (Phi) is 4.10. The minimum Gasteiger partial charge on any atom is -0.438 e. The molecular weight excluding hydrogens is 348 g/mol. The van der Waals surface area contributed by atoms with Gasteiger partial charge in [0.25, 0.3) is 0 Å². The summed E-state index contributed by atoms with van der Waals surface area (Å²) in [5.74, 6) is 1.21. The van der Waals surface area contributed by atoms with E-state index in [2.05, 4.69) is 47.2 Å². The topological polar surface area (TPSA) is 56.3 Å². The fraction of sp³-hybridized carbons (Fsp3) is 0.391. The van der Waals surface area contributed by atoms with Gasteiger partial charge in [-0.25, -0.2) is 4.98 Å². The molecule has 2 fully saturated rings. The molecule has 1 saturated heterocycles. The van der Waals surface area contributed by atoms with Gasteiger partial charge in [0.05, 0.1) is 11.3 Å². The van der Waals surface area contributed by atoms with E-state index in [0.717, 1.165) is 78.4 Å². The number of benzene rings is 2. The number of nitriles is 1. The van der Waals surface area contributed by atoms with Crippen molar-refractivity contribution in [3.63, 3.8) is 0 Å². The predicted octanol–water partition coefficient (Wildman–Crippen LogP) is 4.30. The van der Waals surface area contributed by atoms with Crippen molar-refractivity contribution in [2.45, 2.75) is 25.7 Å². The third-order valence-corrected chi connectivity index (χ3v) is 6.00. The monoisotopic (exact) mass is 372 g/mol. The number of nitrogens with zero attached hydrogens (tertiary/aromatic N) is 4. The Bertz CT molecular complexity index is 1070. The largest absolute Gasteiger partial charge is 0.438 e. The lowest BCUT2D eigenvalue weighted by Gasteiger charge is -2.35. The van der Waals surface area contributed by atoms with Crippen LogP contribution in [0.25, 0.3) is 22.2 Å². The van der Waals surface area contributed by atoms with Crippen LogP contribution in [-0.4, -0.2) is 43.1 Å². The molecule has 1 aliphatic carbocycles. The average molecular weight is 372 g/mol. The van der Waals surface area contributed by atoms with E-state index in [1.807, 2.05) is 13.0 Å². The standard InChI is InChI=1S/C23H24N4O/c1-15-18(14-24)20-22(28-23(25-20)17-8-9-17)21(27-12-10-26(2)11-13-27)19(15)16-6-4-3-5-7-16/h3-7,17H,8-13H2,1-2H3. The number of rotatable bonds is 3. The molecule has 2 aromatic carbocycles. The molecule has 2 heterocycles. The highest BCUT2D eigenvalue weighted by atomic mass is 16.4. The Labute approximate surface area is 165 Å². The van der Waals surface area contributed by atoms with E-state index in [4.69, 9.17) is 9.40 Å². The molecule has 0 bridgehead atoms. The molecule has 0 spiro atoms. The number of hydrogen-bond acceptors (Lipinski definition) is 5. The molecule has 1 aromatic heterocycles. The average Bonchev–Trinajstić information content (AvgIpc) is 3.48. The summed E-state index contributed by atoms with van der Waals surface area (Å²) in [7, 11) is 2.16. The van der Waals surface area contributed by atoms with Crippen molar-refractivity contribution in [1.82, 2.24) is 9.88 Å². The van der Waals surface area contributed by atoms with E-state index in [0.29, 0.717) is 11.5 Å². The molecule has 1 saturated carbocycles. The van der Waals surface area contributed by atoms with E-state index in [9.17, 15) is 5.26 Å². The summed E-state index contributed by atoms with van der Waals surface area (Å²) in [5, 5.41) is 9.94. The van der Waals surface area contributed by atoms with Crippen molar-refractivity contribution in [3.05, 3.63) is 47.3 Å². The number of oxazole rings is 1. The summed E-state index contributed by atoms with van der Waals surface area (Å²) in [6.07, 6.45) is 2.26. The van der Waals surface area contributed by atoms with Gasteiger partial charge in [0.2, 0.25) is 0 Å². The molecule has 0 unspecified atom stereocenters. The van der Waals surface area contributed by atoms with Gasteiger partial charge in [-0.05, 0) is 37.9 Å². The first-order valence-corrected chi connectivity index (χ1v) is 10.0. The summed E-state index contributed by atoms with van der Waals surface area (Å²) in [5.41, 5.74) is 6.48. The van der Waals surface area contributed by atoms with Crippen molar-refractivity contribution >= 4 is 16.8 Å². The zero-order chi connectivity index (χ0) is 19.3. The molecule has 2 aliphatic rings. The lowest BCUT2D eigenvalue weighted by atomic mass is 9.92. The minimum atomic E-state index is 0.416. The molecule has 0 atom stereocenters. The van der Waals surface area contributed by atoms with Gasteiger partial charge in [-0.1, -0.05) is 30.3 Å². The lowest BCUT2D eigenvalue weighted by molar-refractivity contribution is 0.313. The summed E-state index contributed by atoms with van der Waals surface area (Å²) in [6.45, 7) is 5.95. The maximum Gasteiger partial charge on any atom is 0.198 e. The molecular formula is C23H24N4O. The quantitative estimate of drug-likeness (QED) is 0.686. The SMILES string of the molecule is Cc1c(-c2ccccc2)c(N2CCN(C)CC2)c2oc(C3CC3)nc2c1C#N. The molecule has 5 nitrogen and oxygen atoms in total. The Morgan fingerprint density at radius 1 is 1.11 bits per heavy atom. The molecule has 0 amide bonds. The zero-order valence-electron chi connectivity index (χ0n) is 16.4. The smallest absolute Gasteiger partial charge is 0.198 e. The first-order chi connectivity index (χ1) is 13.7. The van der Waals surface area contributed by atoms with Gasteiger partial charge >= 0.3 is 0 Å². The van der Waals surface area contributed by atoms with E-state index in [-0.39, 0.29) is 0 Å². The van der Waals surface area contributed by atoms with E-state index in [1.54, 1.807) is 0 Å². The van der Waals surface area contributed by atoms with Crippen molar-refractivity contribution in [2.24, 2.45) is 0 Å². The first-order valence-electron chi connectivity index (χ1n) is 10.0. The second-order valence-corrected chi connectivity index (χ2v) is 8.00. The van der Waals surface area contributed by atoms with Crippen LogP contribution in [0.1, 0.15) is 35.8 Å². The molecule has 5 rings (SSSR count). The summed E-state index contributed by atoms with van der Waals surface area (Å²) < 4.78 is 6.35. The Hall–Kier alpha value is -2.84. The normalized spacial score (nSPS) is 17.8. The molecule has 0 N–H and O–H groups in total. The summed E-state index contributed by atoms with van der Waals surface area (Å²) >= 11 is 0. The number of fused-ring (bicyclic) bond motifs is 1. The van der Waals surface area contributed by atoms with E-state index < -0.39 is 0 Å². The van der Waals surface area contributed by atoms with Crippen LogP contribution in [0.5, 0.6) is 0 Å². The van der Waals surface area contributed by atoms with Crippen molar-refractivity contribution in [3.8, 4) is 17.2 Å². The zero-order valence-corrected chi connectivity index (χ0v) is 16.4. The van der Waals surface area contributed by atoms with Gasteiger partial charge in [-0.3, -0.25) is 0 Å². The summed E-state index contributed by atoms with van der Waals surface area (Å²) in [4.78, 5) is 9.55. The van der Waals surface area contributed by atoms with Gasteiger partial charge in [0.1, 0.15) is 11.6 Å². The number of anilines is 1. The first kappa shape index (κ1) is 17.3. The van der Waals surface area contributed by atoms with Gasteiger partial charge in [0.15, 0.2) is 11.5 Å². The third-order valence-electron chi connectivity index (χ3n) is 6.00. The van der Waals surface area contributed by atoms with Crippen LogP contribution >= 0.6 is 0 Å². The van der Waals surface area contributed by atoms with E-state index in [1.165, 1.54) is 0 Å². The van der Waals surface area contributed by atoms with E-state index >= 15 is 0 Å². The van der Waals surface area contributed by atoms with Gasteiger partial charge in [-0.2, -0.15) is 5.26 Å². The Morgan fingerprint density at radius 2 is 1.82 bits per heavy atom. The maximum atomic E-state index is 9.94. The van der Waals surface area contributed by atoms with Gasteiger partial charge in [-0.15, -0.1) is 0 Å². The maximum absolute atomic E-state index is 9.94. The van der Waals surface area contributed by atoms with Gasteiger partial charge < -0.3 is 14.2 Å². The van der Waals surface area contributed by atoms with Crippen molar-refractivity contribution in [1.29, 1.82) is 5.26 Å². The minimum absolute atomic E-state index is 0.416. The fourth-order valence-electron chi connectivity index (χ4n) is 4.19.